The molecule has 2 amide bonds. The molecule has 188 valence electrons. The molecule has 3 fully saturated rings. The third-order valence-electron chi connectivity index (χ3n) is 7.06. The number of rotatable bonds is 9. The van der Waals surface area contributed by atoms with Crippen LogP contribution in [-0.4, -0.2) is 94.7 Å². The molecular weight excluding hydrogens is 460 g/mol. The highest BCUT2D eigenvalue weighted by atomic mass is 32.2. The van der Waals surface area contributed by atoms with Crippen LogP contribution < -0.4 is 14.8 Å². The van der Waals surface area contributed by atoms with Crippen LogP contribution >= 0.6 is 0 Å². The number of nitrogens with zero attached hydrogens (tertiary/aromatic N) is 2. The molecule has 3 aliphatic heterocycles. The predicted octanol–water partition coefficient (Wildman–Crippen LogP) is 0.332. The van der Waals surface area contributed by atoms with E-state index in [0.717, 1.165) is 19.4 Å². The zero-order chi connectivity index (χ0) is 24.3. The summed E-state index contributed by atoms with van der Waals surface area (Å²) in [7, 11) is -0.558. The van der Waals surface area contributed by atoms with Crippen LogP contribution in [0, 0.1) is 0 Å². The van der Waals surface area contributed by atoms with Crippen LogP contribution in [0.2, 0.25) is 0 Å². The summed E-state index contributed by atoms with van der Waals surface area (Å²) in [5, 5.41) is 2.94. The number of hydrogen-bond acceptors (Lipinski definition) is 7. The molecule has 1 aromatic rings. The zero-order valence-electron chi connectivity index (χ0n) is 19.7. The average molecular weight is 495 g/mol. The number of hydrogen-bond donors (Lipinski definition) is 2. The van der Waals surface area contributed by atoms with E-state index in [4.69, 9.17) is 9.47 Å². The molecule has 10 nitrogen and oxygen atoms in total. The largest absolute Gasteiger partial charge is 0.497 e. The minimum atomic E-state index is -3.73. The Kier molecular flexibility index (Phi) is 7.76. The molecule has 34 heavy (non-hydrogen) atoms. The zero-order valence-corrected chi connectivity index (χ0v) is 20.6. The van der Waals surface area contributed by atoms with Crippen molar-refractivity contribution in [1.29, 1.82) is 0 Å². The van der Waals surface area contributed by atoms with Crippen LogP contribution in [0.25, 0.3) is 0 Å². The molecule has 0 spiro atoms. The minimum Gasteiger partial charge on any atom is -0.497 e. The van der Waals surface area contributed by atoms with Gasteiger partial charge in [-0.05, 0) is 49.9 Å². The average Bonchev–Trinajstić information content (AvgIpc) is 3.46. The van der Waals surface area contributed by atoms with Gasteiger partial charge in [0.15, 0.2) is 0 Å². The Labute approximate surface area is 201 Å². The van der Waals surface area contributed by atoms with E-state index >= 15 is 0 Å². The highest BCUT2D eigenvalue weighted by molar-refractivity contribution is 7.89. The van der Waals surface area contributed by atoms with E-state index in [-0.39, 0.29) is 34.8 Å². The summed E-state index contributed by atoms with van der Waals surface area (Å²) in [5.41, 5.74) is 0. The topological polar surface area (TPSA) is 117 Å². The molecule has 0 saturated carbocycles. The Hall–Kier alpha value is -2.21. The van der Waals surface area contributed by atoms with Crippen molar-refractivity contribution < 1.29 is 27.5 Å². The second-order valence-corrected chi connectivity index (χ2v) is 10.9. The Morgan fingerprint density at radius 2 is 1.97 bits per heavy atom. The summed E-state index contributed by atoms with van der Waals surface area (Å²) in [6.45, 7) is 2.20. The van der Waals surface area contributed by atoms with Gasteiger partial charge in [-0.15, -0.1) is 0 Å². The first-order valence-electron chi connectivity index (χ1n) is 11.8. The molecule has 3 aliphatic rings. The monoisotopic (exact) mass is 494 g/mol. The number of amides is 2. The summed E-state index contributed by atoms with van der Waals surface area (Å²) >= 11 is 0. The highest BCUT2D eigenvalue weighted by Gasteiger charge is 2.44. The smallest absolute Gasteiger partial charge is 0.240 e. The van der Waals surface area contributed by atoms with Crippen LogP contribution in [0.5, 0.6) is 5.75 Å². The lowest BCUT2D eigenvalue weighted by Gasteiger charge is -2.37. The van der Waals surface area contributed by atoms with Gasteiger partial charge >= 0.3 is 0 Å². The quantitative estimate of drug-likeness (QED) is 0.508. The molecule has 2 N–H and O–H groups in total. The van der Waals surface area contributed by atoms with Gasteiger partial charge in [-0.3, -0.25) is 14.5 Å². The van der Waals surface area contributed by atoms with Gasteiger partial charge in [-0.25, -0.2) is 13.1 Å². The van der Waals surface area contributed by atoms with E-state index < -0.39 is 16.1 Å². The maximum atomic E-state index is 12.9. The summed E-state index contributed by atoms with van der Waals surface area (Å²) in [6, 6.07) is 5.55. The number of ether oxygens (including phenoxy) is 2. The summed E-state index contributed by atoms with van der Waals surface area (Å²) < 4.78 is 38.8. The molecule has 3 heterocycles. The third-order valence-corrected chi connectivity index (χ3v) is 8.60. The van der Waals surface area contributed by atoms with E-state index in [0.29, 0.717) is 44.7 Å². The number of fused-ring (bicyclic) bond motifs is 1. The molecule has 4 atom stereocenters. The SMILES string of the molecule is COCC1CCCN1C(=O)CCC1CNC(=O)C2CC(NS(=O)(=O)c3ccc(OC)cc3)CN12. The molecule has 1 aromatic carbocycles. The van der Waals surface area contributed by atoms with Crippen molar-refractivity contribution in [3.63, 3.8) is 0 Å². The third kappa shape index (κ3) is 5.37. The normalized spacial score (nSPS) is 27.5. The van der Waals surface area contributed by atoms with Crippen LogP contribution in [-0.2, 0) is 24.3 Å². The summed E-state index contributed by atoms with van der Waals surface area (Å²) in [5.74, 6) is 0.603. The number of carbonyl (C=O) groups is 2. The standard InChI is InChI=1S/C23H34N4O6S/c1-32-15-18-4-3-11-26(18)22(28)10-5-17-13-24-23(29)21-12-16(14-27(17)21)25-34(30,31)20-8-6-19(33-2)7-9-20/h6-9,16-18,21,25H,3-5,10-15H2,1-2H3,(H,24,29). The summed E-state index contributed by atoms with van der Waals surface area (Å²) in [6.07, 6.45) is 3.36. The van der Waals surface area contributed by atoms with E-state index in [1.807, 2.05) is 4.90 Å². The van der Waals surface area contributed by atoms with Crippen molar-refractivity contribution in [2.24, 2.45) is 0 Å². The first-order chi connectivity index (χ1) is 16.3. The molecule has 4 unspecified atom stereocenters. The number of methoxy groups -OCH3 is 2. The fourth-order valence-electron chi connectivity index (χ4n) is 5.33. The van der Waals surface area contributed by atoms with Gasteiger partial charge in [0.05, 0.1) is 30.7 Å². The molecular formula is C23H34N4O6S. The van der Waals surface area contributed by atoms with Crippen molar-refractivity contribution in [2.45, 2.75) is 61.2 Å². The fourth-order valence-corrected chi connectivity index (χ4v) is 6.57. The molecule has 0 aromatic heterocycles. The van der Waals surface area contributed by atoms with Gasteiger partial charge in [0.1, 0.15) is 5.75 Å². The van der Waals surface area contributed by atoms with Gasteiger partial charge in [0.2, 0.25) is 21.8 Å². The maximum absolute atomic E-state index is 12.9. The predicted molar refractivity (Wildman–Crippen MR) is 125 cm³/mol. The number of likely N-dealkylation sites (tertiary alicyclic amines) is 1. The Morgan fingerprint density at radius 1 is 1.21 bits per heavy atom. The minimum absolute atomic E-state index is 0.00869. The van der Waals surface area contributed by atoms with E-state index in [1.165, 1.54) is 19.2 Å². The molecule has 0 aliphatic carbocycles. The van der Waals surface area contributed by atoms with Crippen LogP contribution in [0.1, 0.15) is 32.1 Å². The van der Waals surface area contributed by atoms with Crippen molar-refractivity contribution in [3.05, 3.63) is 24.3 Å². The van der Waals surface area contributed by atoms with Gasteiger partial charge < -0.3 is 19.7 Å². The van der Waals surface area contributed by atoms with Gasteiger partial charge in [0, 0.05) is 45.2 Å². The van der Waals surface area contributed by atoms with Crippen molar-refractivity contribution in [2.75, 3.05) is 40.5 Å². The second kappa shape index (κ2) is 10.6. The lowest BCUT2D eigenvalue weighted by atomic mass is 10.0. The maximum Gasteiger partial charge on any atom is 0.240 e. The van der Waals surface area contributed by atoms with Crippen LogP contribution in [0.4, 0.5) is 0 Å². The van der Waals surface area contributed by atoms with Crippen molar-refractivity contribution in [1.82, 2.24) is 19.8 Å². The second-order valence-electron chi connectivity index (χ2n) is 9.22. The van der Waals surface area contributed by atoms with Crippen LogP contribution in [0.3, 0.4) is 0 Å². The fraction of sp³-hybridized carbons (Fsp3) is 0.652. The van der Waals surface area contributed by atoms with Crippen molar-refractivity contribution >= 4 is 21.8 Å². The van der Waals surface area contributed by atoms with Crippen molar-refractivity contribution in [3.8, 4) is 5.75 Å². The number of nitrogens with one attached hydrogen (secondary N) is 2. The molecule has 0 radical (unpaired) electrons. The van der Waals surface area contributed by atoms with Gasteiger partial charge in [0.25, 0.3) is 0 Å². The molecule has 4 rings (SSSR count). The lowest BCUT2D eigenvalue weighted by molar-refractivity contribution is -0.133. The van der Waals surface area contributed by atoms with E-state index in [1.54, 1.807) is 19.2 Å². The molecule has 0 bridgehead atoms. The Balaban J connectivity index is 1.36. The lowest BCUT2D eigenvalue weighted by Crippen LogP contribution is -2.58. The van der Waals surface area contributed by atoms with E-state index in [9.17, 15) is 18.0 Å². The molecule has 11 heteroatoms. The molecule has 3 saturated heterocycles. The summed E-state index contributed by atoms with van der Waals surface area (Å²) in [4.78, 5) is 29.5. The van der Waals surface area contributed by atoms with Gasteiger partial charge in [-0.1, -0.05) is 0 Å². The van der Waals surface area contributed by atoms with Gasteiger partial charge in [-0.2, -0.15) is 0 Å². The number of carbonyl (C=O) groups excluding carboxylic acids is 2. The number of piperazine rings is 1. The first-order valence-corrected chi connectivity index (χ1v) is 13.3. The van der Waals surface area contributed by atoms with Crippen LogP contribution in [0.15, 0.2) is 29.2 Å². The Bertz CT molecular complexity index is 986. The highest BCUT2D eigenvalue weighted by Crippen LogP contribution is 2.28. The number of sulfonamides is 1. The Morgan fingerprint density at radius 3 is 2.68 bits per heavy atom. The number of benzene rings is 1. The van der Waals surface area contributed by atoms with E-state index in [2.05, 4.69) is 14.9 Å². The first kappa shape index (κ1) is 24.9.